The molecule has 8 aliphatic heterocycles. The van der Waals surface area contributed by atoms with Crippen LogP contribution in [0.5, 0.6) is 0 Å². The predicted molar refractivity (Wildman–Crippen MR) is 314 cm³/mol. The van der Waals surface area contributed by atoms with Gasteiger partial charge in [0.2, 0.25) is 0 Å². The van der Waals surface area contributed by atoms with Gasteiger partial charge < -0.3 is 163 Å². The predicted octanol–water partition coefficient (Wildman–Crippen LogP) is -7.34. The number of hydrogen-bond acceptors (Lipinski definition) is 33. The Morgan fingerprint density at radius 1 is 0.427 bits per heavy atom. The van der Waals surface area contributed by atoms with E-state index < -0.39 is 236 Å². The smallest absolute Gasteiger partial charge is 0.187 e. The minimum Gasteiger partial charge on any atom is -0.394 e. The number of aliphatic hydroxyl groups is 19. The van der Waals surface area contributed by atoms with Crippen LogP contribution in [-0.2, 0) is 66.3 Å². The van der Waals surface area contributed by atoms with E-state index in [4.69, 9.17) is 66.3 Å². The van der Waals surface area contributed by atoms with Crippen molar-refractivity contribution in [3.05, 3.63) is 11.6 Å². The van der Waals surface area contributed by atoms with E-state index in [0.29, 0.717) is 48.3 Å². The summed E-state index contributed by atoms with van der Waals surface area (Å²) < 4.78 is 84.8. The van der Waals surface area contributed by atoms with Gasteiger partial charge in [0.1, 0.15) is 146 Å². The second-order valence-corrected chi connectivity index (χ2v) is 29.5. The van der Waals surface area contributed by atoms with Gasteiger partial charge in [-0.2, -0.15) is 0 Å². The van der Waals surface area contributed by atoms with Crippen LogP contribution in [0.2, 0.25) is 0 Å². The quantitative estimate of drug-likeness (QED) is 0.0567. The Bertz CT molecular complexity index is 2590. The summed E-state index contributed by atoms with van der Waals surface area (Å²) in [5.41, 5.74) is 1.29. The van der Waals surface area contributed by atoms with Crippen LogP contribution < -0.4 is 0 Å². The maximum Gasteiger partial charge on any atom is 0.187 e. The molecule has 33 nitrogen and oxygen atoms in total. The average molecular weight is 1390 g/mol. The van der Waals surface area contributed by atoms with Gasteiger partial charge in [-0.25, -0.2) is 0 Å². The monoisotopic (exact) mass is 1390 g/mol. The summed E-state index contributed by atoms with van der Waals surface area (Å²) >= 11 is 0. The molecule has 1 spiro atoms. The molecule has 0 aromatic heterocycles. The highest BCUT2D eigenvalue weighted by molar-refractivity contribution is 5.27. The van der Waals surface area contributed by atoms with Crippen LogP contribution in [0.3, 0.4) is 0 Å². The lowest BCUT2D eigenvalue weighted by molar-refractivity contribution is -0.411. The van der Waals surface area contributed by atoms with E-state index in [1.807, 2.05) is 0 Å². The molecular formula is C63H102O33. The molecule has 8 saturated heterocycles. The molecule has 0 amide bonds. The second kappa shape index (κ2) is 29.5. The first-order valence-electron chi connectivity index (χ1n) is 34.1. The lowest BCUT2D eigenvalue weighted by Gasteiger charge is -2.58. The molecule has 12 aliphatic rings. The van der Waals surface area contributed by atoms with E-state index in [9.17, 15) is 97.0 Å². The minimum atomic E-state index is -2.30. The van der Waals surface area contributed by atoms with Gasteiger partial charge in [0.25, 0.3) is 0 Å². The fourth-order valence-electron chi connectivity index (χ4n) is 18.5. The van der Waals surface area contributed by atoms with Crippen molar-refractivity contribution in [1.29, 1.82) is 0 Å². The van der Waals surface area contributed by atoms with Crippen LogP contribution in [0.4, 0.5) is 0 Å². The van der Waals surface area contributed by atoms with Gasteiger partial charge >= 0.3 is 0 Å². The molecule has 96 heavy (non-hydrogen) atoms. The molecule has 0 aromatic carbocycles. The van der Waals surface area contributed by atoms with Crippen molar-refractivity contribution in [2.75, 3.05) is 46.2 Å². The summed E-state index contributed by atoms with van der Waals surface area (Å²) in [6, 6.07) is 0. The topological polar surface area (TPSA) is 514 Å². The van der Waals surface area contributed by atoms with E-state index >= 15 is 0 Å². The molecule has 33 heteroatoms. The third-order valence-corrected chi connectivity index (χ3v) is 24.1. The molecule has 4 aliphatic carbocycles. The van der Waals surface area contributed by atoms with Crippen LogP contribution in [-0.4, -0.2) is 346 Å². The molecule has 0 radical (unpaired) electrons. The highest BCUT2D eigenvalue weighted by Crippen LogP contribution is 2.71. The summed E-state index contributed by atoms with van der Waals surface area (Å²) in [7, 11) is 0. The molecule has 41 atom stereocenters. The number of aliphatic hydroxyl groups excluding tert-OH is 19. The van der Waals surface area contributed by atoms with E-state index in [-0.39, 0.29) is 16.9 Å². The van der Waals surface area contributed by atoms with Crippen molar-refractivity contribution < 1.29 is 163 Å². The van der Waals surface area contributed by atoms with Crippen LogP contribution >= 0.6 is 0 Å². The normalized spacial score (nSPS) is 56.0. The number of allylic oxidation sites excluding steroid dienone is 1. The van der Waals surface area contributed by atoms with Crippen molar-refractivity contribution >= 4 is 0 Å². The van der Waals surface area contributed by atoms with Gasteiger partial charge in [-0.05, 0) is 91.8 Å². The fourth-order valence-corrected chi connectivity index (χ4v) is 18.5. The largest absolute Gasteiger partial charge is 0.394 e. The maximum atomic E-state index is 12.0. The van der Waals surface area contributed by atoms with Crippen molar-refractivity contribution in [1.82, 2.24) is 0 Å². The standard InChI is InChI=1S/C63H102O33/c1-22-7-12-63(83-21-22)23(2)36-29(96-63)14-28-26-6-5-24-13-25(8-10-61(24,3)27(26)9-11-62(28,36)4)84-58-48(81)51(39(72)32(17-66)87-58)92-57-47(80)44(77)50(35(20-69)90-57)91-59-49(82)52(40(73)33(18-67)88-59)93-60-54(95-56-46(79)43(76)38(71)31(16-65)86-56)53(41(74)34(19-68)89-60)94-55-45(78)42(75)37(70)30(15-64)85-55/h5,22-23,25-60,64-82H,6-21H2,1-4H3/t22-,23?,25+,26-,27+,28+,29?,30-,31-,32-,33-,34-,35-,36?,37-,38-,39-,40-,41-,42+,43+,44-,45-,46-,47-,48-,49-,50+,51+,52+,53+,54-,55+,56+,57+,58-,59+,60+,61+,62+,63-/m1/s1. The van der Waals surface area contributed by atoms with Gasteiger partial charge in [-0.3, -0.25) is 0 Å². The van der Waals surface area contributed by atoms with Crippen LogP contribution in [0.15, 0.2) is 11.6 Å². The Labute approximate surface area is 553 Å². The molecule has 3 unspecified atom stereocenters. The Hall–Kier alpha value is -1.58. The molecule has 552 valence electrons. The summed E-state index contributed by atoms with van der Waals surface area (Å²) in [6.45, 7) is 4.34. The van der Waals surface area contributed by atoms with Gasteiger partial charge in [-0.1, -0.05) is 39.3 Å². The van der Waals surface area contributed by atoms with Gasteiger partial charge in [0.05, 0.1) is 58.5 Å². The van der Waals surface area contributed by atoms with Crippen LogP contribution in [0.1, 0.15) is 85.5 Å². The lowest BCUT2D eigenvalue weighted by Crippen LogP contribution is -2.69. The number of ether oxygens (including phenoxy) is 14. The zero-order chi connectivity index (χ0) is 68.9. The van der Waals surface area contributed by atoms with Crippen LogP contribution in [0, 0.1) is 46.3 Å². The van der Waals surface area contributed by atoms with Crippen molar-refractivity contribution in [3.8, 4) is 0 Å². The second-order valence-electron chi connectivity index (χ2n) is 29.5. The maximum absolute atomic E-state index is 12.0. The molecule has 0 bridgehead atoms. The Morgan fingerprint density at radius 2 is 0.875 bits per heavy atom. The van der Waals surface area contributed by atoms with Crippen molar-refractivity contribution in [2.45, 2.75) is 288 Å². The molecule has 19 N–H and O–H groups in total. The van der Waals surface area contributed by atoms with E-state index in [1.54, 1.807) is 0 Å². The fraction of sp³-hybridized carbons (Fsp3) is 0.968. The third-order valence-electron chi connectivity index (χ3n) is 24.1. The molecule has 8 heterocycles. The first kappa shape index (κ1) is 74.1. The van der Waals surface area contributed by atoms with Crippen LogP contribution in [0.25, 0.3) is 0 Å². The van der Waals surface area contributed by atoms with Gasteiger partial charge in [0.15, 0.2) is 43.5 Å². The SMILES string of the molecule is CC1C2C(C[C@H]3[C@@H]4CC=C5C[C@@H](O[C@@H]6O[C@H](CO)[C@@H](O)[C@H](O[C@@H]7O[C@H](CO)[C@H](O[C@@H]8O[C@H](CO)[C@@H](O)[C@H](O[C@@H]9O[C@H](CO)[C@@H](O)[C@H](O[C@@H]%10O[C@H](CO)[C@@H](O)[C@H](O)[C@H]%10O)[C@H]9O[C@@H]9O[C@H](CO)[C@@H](O)[C@H](O)[C@H]9O)[C@H]8O)[C@H](O)[C@H]7O)[C@H]6O)CC[C@]5(C)[C@H]4CC[C@]23C)O[C@]12CC[C@@H](C)CO2. The molecule has 12 rings (SSSR count). The number of rotatable bonds is 18. The zero-order valence-electron chi connectivity index (χ0n) is 54.0. The van der Waals surface area contributed by atoms with Gasteiger partial charge in [0, 0.05) is 12.3 Å². The Kier molecular flexibility index (Phi) is 22.8. The molecule has 11 fully saturated rings. The zero-order valence-corrected chi connectivity index (χ0v) is 54.0. The summed E-state index contributed by atoms with van der Waals surface area (Å²) in [5, 5.41) is 209. The van der Waals surface area contributed by atoms with E-state index in [1.165, 1.54) is 5.57 Å². The van der Waals surface area contributed by atoms with Crippen molar-refractivity contribution in [3.63, 3.8) is 0 Å². The van der Waals surface area contributed by atoms with Gasteiger partial charge in [-0.15, -0.1) is 0 Å². The average Bonchev–Trinajstić information content (AvgIpc) is 1.50. The summed E-state index contributed by atoms with van der Waals surface area (Å²) in [4.78, 5) is 0. The van der Waals surface area contributed by atoms with E-state index in [2.05, 4.69) is 33.8 Å². The minimum absolute atomic E-state index is 0.106. The highest BCUT2D eigenvalue weighted by atomic mass is 16.8. The number of fused-ring (bicyclic) bond motifs is 7. The molecule has 3 saturated carbocycles. The van der Waals surface area contributed by atoms with Crippen molar-refractivity contribution in [2.24, 2.45) is 46.3 Å². The molecule has 0 aromatic rings. The lowest BCUT2D eigenvalue weighted by atomic mass is 9.47. The first-order chi connectivity index (χ1) is 45.7. The summed E-state index contributed by atoms with van der Waals surface area (Å²) in [5.74, 6) is 2.17. The molecular weight excluding hydrogens is 1280 g/mol. The Morgan fingerprint density at radius 3 is 1.41 bits per heavy atom. The van der Waals surface area contributed by atoms with E-state index in [0.717, 1.165) is 51.6 Å². The third kappa shape index (κ3) is 13.1. The Balaban J connectivity index is 0.713. The number of hydrogen-bond donors (Lipinski definition) is 19. The highest BCUT2D eigenvalue weighted by Gasteiger charge is 2.69. The summed E-state index contributed by atoms with van der Waals surface area (Å²) in [6.07, 6.45) is -48.4. The first-order valence-corrected chi connectivity index (χ1v) is 34.1.